The molecule has 4 aromatic rings. The predicted molar refractivity (Wildman–Crippen MR) is 97.2 cm³/mol. The number of ether oxygens (including phenoxy) is 1. The molecule has 0 unspecified atom stereocenters. The summed E-state index contributed by atoms with van der Waals surface area (Å²) in [6.07, 6.45) is 1.69. The minimum Gasteiger partial charge on any atom is -0.497 e. The first-order valence-corrected chi connectivity index (χ1v) is 8.87. The topological polar surface area (TPSA) is 78.9 Å². The predicted octanol–water partition coefficient (Wildman–Crippen LogP) is 3.62. The number of benzene rings is 2. The van der Waals surface area contributed by atoms with E-state index in [1.165, 1.54) is 11.8 Å². The fraction of sp³-hybridized carbons (Fsp3) is 0.111. The Morgan fingerprint density at radius 2 is 2.00 bits per heavy atom. The van der Waals surface area contributed by atoms with Gasteiger partial charge in [-0.1, -0.05) is 47.3 Å². The fourth-order valence-electron chi connectivity index (χ4n) is 2.41. The molecular weight excluding hydrogens is 350 g/mol. The van der Waals surface area contributed by atoms with Crippen LogP contribution in [-0.2, 0) is 5.75 Å². The molecule has 0 aliphatic carbocycles. The van der Waals surface area contributed by atoms with Crippen LogP contribution in [-0.4, -0.2) is 32.0 Å². The van der Waals surface area contributed by atoms with Gasteiger partial charge >= 0.3 is 0 Å². The third-order valence-electron chi connectivity index (χ3n) is 3.67. The van der Waals surface area contributed by atoms with E-state index in [4.69, 9.17) is 9.26 Å². The van der Waals surface area contributed by atoms with E-state index in [0.717, 1.165) is 22.2 Å². The molecule has 0 radical (unpaired) electrons. The zero-order valence-corrected chi connectivity index (χ0v) is 14.8. The van der Waals surface area contributed by atoms with Gasteiger partial charge in [-0.3, -0.25) is 4.57 Å². The molecule has 0 spiro atoms. The monoisotopic (exact) mass is 365 g/mol. The molecule has 0 saturated carbocycles. The first kappa shape index (κ1) is 16.3. The highest BCUT2D eigenvalue weighted by atomic mass is 32.2. The van der Waals surface area contributed by atoms with E-state index < -0.39 is 0 Å². The van der Waals surface area contributed by atoms with Gasteiger partial charge in [0.25, 0.3) is 0 Å². The van der Waals surface area contributed by atoms with Crippen molar-refractivity contribution in [1.82, 2.24) is 24.9 Å². The minimum absolute atomic E-state index is 0.502. The number of rotatable bonds is 6. The van der Waals surface area contributed by atoms with Gasteiger partial charge in [-0.25, -0.2) is 0 Å². The van der Waals surface area contributed by atoms with Gasteiger partial charge in [-0.05, 0) is 24.3 Å². The number of methoxy groups -OCH3 is 1. The third-order valence-corrected chi connectivity index (χ3v) is 4.60. The quantitative estimate of drug-likeness (QED) is 0.483. The highest BCUT2D eigenvalue weighted by Crippen LogP contribution is 2.25. The van der Waals surface area contributed by atoms with Gasteiger partial charge in [0.2, 0.25) is 11.7 Å². The van der Waals surface area contributed by atoms with Gasteiger partial charge in [0.1, 0.15) is 12.1 Å². The van der Waals surface area contributed by atoms with Crippen LogP contribution in [0.15, 0.2) is 70.6 Å². The van der Waals surface area contributed by atoms with Gasteiger partial charge in [0, 0.05) is 11.3 Å². The Hall–Kier alpha value is -3.13. The van der Waals surface area contributed by atoms with Crippen LogP contribution in [0.25, 0.3) is 17.1 Å². The average molecular weight is 365 g/mol. The standard InChI is InChI=1S/C18H15N5O2S/c1-24-15-9-5-6-13(10-15)17-20-16(25-22-17)11-26-18-21-19-12-23(18)14-7-3-2-4-8-14/h2-10,12H,11H2,1H3. The first-order valence-electron chi connectivity index (χ1n) is 7.89. The van der Waals surface area contributed by atoms with Crippen LogP contribution in [0.1, 0.15) is 5.89 Å². The lowest BCUT2D eigenvalue weighted by atomic mass is 10.2. The summed E-state index contributed by atoms with van der Waals surface area (Å²) >= 11 is 1.49. The number of para-hydroxylation sites is 1. The summed E-state index contributed by atoms with van der Waals surface area (Å²) in [7, 11) is 1.63. The summed E-state index contributed by atoms with van der Waals surface area (Å²) < 4.78 is 12.5. The van der Waals surface area contributed by atoms with Crippen molar-refractivity contribution in [2.24, 2.45) is 0 Å². The van der Waals surface area contributed by atoms with Crippen molar-refractivity contribution in [1.29, 1.82) is 0 Å². The average Bonchev–Trinajstić information content (AvgIpc) is 3.36. The van der Waals surface area contributed by atoms with Crippen LogP contribution in [0.5, 0.6) is 5.75 Å². The molecule has 0 N–H and O–H groups in total. The summed E-state index contributed by atoms with van der Waals surface area (Å²) in [4.78, 5) is 4.45. The van der Waals surface area contributed by atoms with Crippen LogP contribution >= 0.6 is 11.8 Å². The summed E-state index contributed by atoms with van der Waals surface area (Å²) in [5, 5.41) is 13.0. The van der Waals surface area contributed by atoms with Crippen molar-refractivity contribution in [3.05, 3.63) is 66.8 Å². The maximum atomic E-state index is 5.36. The smallest absolute Gasteiger partial charge is 0.237 e. The van der Waals surface area contributed by atoms with Crippen LogP contribution in [0.2, 0.25) is 0 Å². The van der Waals surface area contributed by atoms with Gasteiger partial charge < -0.3 is 9.26 Å². The molecule has 0 amide bonds. The zero-order chi connectivity index (χ0) is 17.8. The Morgan fingerprint density at radius 3 is 2.85 bits per heavy atom. The van der Waals surface area contributed by atoms with Crippen molar-refractivity contribution < 1.29 is 9.26 Å². The molecule has 2 aromatic carbocycles. The second kappa shape index (κ2) is 7.40. The lowest BCUT2D eigenvalue weighted by molar-refractivity contribution is 0.391. The first-order chi connectivity index (χ1) is 12.8. The number of hydrogen-bond acceptors (Lipinski definition) is 7. The molecular formula is C18H15N5O2S. The Labute approximate surface area is 154 Å². The molecule has 0 bridgehead atoms. The summed E-state index contributed by atoms with van der Waals surface area (Å²) in [6, 6.07) is 17.5. The maximum absolute atomic E-state index is 5.36. The Morgan fingerprint density at radius 1 is 1.12 bits per heavy atom. The second-order valence-corrected chi connectivity index (χ2v) is 6.29. The number of hydrogen-bond donors (Lipinski definition) is 0. The molecule has 0 aliphatic heterocycles. The minimum atomic E-state index is 0.502. The van der Waals surface area contributed by atoms with E-state index in [0.29, 0.717) is 17.5 Å². The zero-order valence-electron chi connectivity index (χ0n) is 13.9. The summed E-state index contributed by atoms with van der Waals surface area (Å²) in [6.45, 7) is 0. The maximum Gasteiger partial charge on any atom is 0.237 e. The van der Waals surface area contributed by atoms with Gasteiger partial charge in [-0.2, -0.15) is 4.98 Å². The highest BCUT2D eigenvalue weighted by Gasteiger charge is 2.12. The molecule has 4 rings (SSSR count). The molecule has 130 valence electrons. The molecule has 8 heteroatoms. The van der Waals surface area contributed by atoms with Crippen LogP contribution in [0.4, 0.5) is 0 Å². The summed E-state index contributed by atoms with van der Waals surface area (Å²) in [5.41, 5.74) is 1.85. The number of aromatic nitrogens is 5. The Balaban J connectivity index is 1.48. The van der Waals surface area contributed by atoms with E-state index >= 15 is 0 Å². The third kappa shape index (κ3) is 3.45. The SMILES string of the molecule is COc1cccc(-c2noc(CSc3nncn3-c3ccccc3)n2)c1. The van der Waals surface area contributed by atoms with E-state index in [1.54, 1.807) is 13.4 Å². The number of thioether (sulfide) groups is 1. The van der Waals surface area contributed by atoms with Gasteiger partial charge in [-0.15, -0.1) is 10.2 Å². The second-order valence-electron chi connectivity index (χ2n) is 5.35. The molecule has 0 aliphatic rings. The van der Waals surface area contributed by atoms with Crippen LogP contribution in [0, 0.1) is 0 Å². The van der Waals surface area contributed by atoms with Crippen molar-refractivity contribution in [3.63, 3.8) is 0 Å². The van der Waals surface area contributed by atoms with Crippen LogP contribution < -0.4 is 4.74 Å². The Bertz CT molecular complexity index is 1000. The molecule has 2 heterocycles. The fourth-order valence-corrected chi connectivity index (χ4v) is 3.17. The Kier molecular flexibility index (Phi) is 4.65. The van der Waals surface area contributed by atoms with Gasteiger partial charge in [0.05, 0.1) is 12.9 Å². The van der Waals surface area contributed by atoms with Crippen molar-refractivity contribution in [2.75, 3.05) is 7.11 Å². The molecule has 26 heavy (non-hydrogen) atoms. The van der Waals surface area contributed by atoms with Crippen molar-refractivity contribution in [2.45, 2.75) is 10.9 Å². The van der Waals surface area contributed by atoms with E-state index in [1.807, 2.05) is 59.2 Å². The molecule has 0 atom stereocenters. The molecule has 2 aromatic heterocycles. The lowest BCUT2D eigenvalue weighted by Gasteiger charge is -2.04. The van der Waals surface area contributed by atoms with E-state index in [9.17, 15) is 0 Å². The van der Waals surface area contributed by atoms with Gasteiger partial charge in [0.15, 0.2) is 5.16 Å². The molecule has 0 saturated heterocycles. The normalized spacial score (nSPS) is 10.8. The van der Waals surface area contributed by atoms with E-state index in [2.05, 4.69) is 20.3 Å². The number of nitrogens with zero attached hydrogens (tertiary/aromatic N) is 5. The van der Waals surface area contributed by atoms with Crippen molar-refractivity contribution >= 4 is 11.8 Å². The summed E-state index contributed by atoms with van der Waals surface area (Å²) in [5.74, 6) is 2.31. The van der Waals surface area contributed by atoms with Crippen molar-refractivity contribution in [3.8, 4) is 22.8 Å². The molecule has 7 nitrogen and oxygen atoms in total. The lowest BCUT2D eigenvalue weighted by Crippen LogP contribution is -1.95. The largest absolute Gasteiger partial charge is 0.497 e. The molecule has 0 fully saturated rings. The van der Waals surface area contributed by atoms with E-state index in [-0.39, 0.29) is 0 Å². The highest BCUT2D eigenvalue weighted by molar-refractivity contribution is 7.98. The van der Waals surface area contributed by atoms with Crippen LogP contribution in [0.3, 0.4) is 0 Å².